The van der Waals surface area contributed by atoms with Crippen molar-refractivity contribution in [3.8, 4) is 11.8 Å². The Balaban J connectivity index is 1.65. The number of hydrogen-bond acceptors (Lipinski definition) is 5. The van der Waals surface area contributed by atoms with Gasteiger partial charge in [-0.3, -0.25) is 15.1 Å². The molecule has 0 aromatic heterocycles. The first kappa shape index (κ1) is 22.8. The van der Waals surface area contributed by atoms with Crippen LogP contribution in [0.15, 0.2) is 53.9 Å². The van der Waals surface area contributed by atoms with Gasteiger partial charge in [0.15, 0.2) is 5.96 Å². The summed E-state index contributed by atoms with van der Waals surface area (Å²) in [5.41, 5.74) is 2.42. The lowest BCUT2D eigenvalue weighted by molar-refractivity contribution is -0.131. The fourth-order valence-corrected chi connectivity index (χ4v) is 5.67. The molecule has 9 heteroatoms. The standard InChI is InChI=1S/C24H22F2N4O2S/c1-24(19-11-17(13-33-19)16-5-3-4-14(10-16)12-27)20(21(31)30(2)23(28)29-24)15-6-8-18(9-7-15)32-22(25)26/h3-10,13,19-20,22H,11H2,1-2H3,(H2,28,29)/t19?,20-,24-/m1/s1. The van der Waals surface area contributed by atoms with E-state index < -0.39 is 18.1 Å². The SMILES string of the molecule is CN1C(=N)N[C@](C)(C2CC(c3cccc(C#N)c3)=CS2)[C@H](c2ccc(OC(F)F)cc2)C1=O. The Labute approximate surface area is 194 Å². The summed E-state index contributed by atoms with van der Waals surface area (Å²) in [6.07, 6.45) is 0.635. The molecular formula is C24H22F2N4O2S. The van der Waals surface area contributed by atoms with Crippen molar-refractivity contribution in [2.45, 2.75) is 36.7 Å². The quantitative estimate of drug-likeness (QED) is 0.672. The second-order valence-electron chi connectivity index (χ2n) is 8.20. The van der Waals surface area contributed by atoms with Crippen LogP contribution in [0, 0.1) is 16.7 Å². The zero-order valence-electron chi connectivity index (χ0n) is 18.0. The second kappa shape index (κ2) is 8.87. The van der Waals surface area contributed by atoms with Crippen LogP contribution in [0.5, 0.6) is 5.75 Å². The summed E-state index contributed by atoms with van der Waals surface area (Å²) in [6.45, 7) is -1.01. The first-order valence-electron chi connectivity index (χ1n) is 10.3. The van der Waals surface area contributed by atoms with Gasteiger partial charge in [-0.25, -0.2) is 0 Å². The molecule has 0 spiro atoms. The Hall–Kier alpha value is -3.38. The van der Waals surface area contributed by atoms with E-state index in [2.05, 4.69) is 16.1 Å². The minimum atomic E-state index is -2.93. The molecule has 1 amide bonds. The van der Waals surface area contributed by atoms with Gasteiger partial charge in [-0.05, 0) is 59.7 Å². The number of nitrogens with zero attached hydrogens (tertiary/aromatic N) is 2. The third-order valence-corrected chi connectivity index (χ3v) is 7.56. The van der Waals surface area contributed by atoms with E-state index in [1.165, 1.54) is 24.1 Å². The Kier molecular flexibility index (Phi) is 6.13. The summed E-state index contributed by atoms with van der Waals surface area (Å²) >= 11 is 1.58. The first-order valence-corrected chi connectivity index (χ1v) is 11.2. The molecule has 33 heavy (non-hydrogen) atoms. The van der Waals surface area contributed by atoms with Crippen molar-refractivity contribution in [2.24, 2.45) is 0 Å². The smallest absolute Gasteiger partial charge is 0.387 e. The van der Waals surface area contributed by atoms with Crippen molar-refractivity contribution in [1.82, 2.24) is 10.2 Å². The van der Waals surface area contributed by atoms with Gasteiger partial charge in [0.05, 0.1) is 23.1 Å². The number of likely N-dealkylation sites (N-methyl/N-ethyl adjacent to an activating group) is 1. The highest BCUT2D eigenvalue weighted by atomic mass is 32.2. The van der Waals surface area contributed by atoms with Crippen LogP contribution in [0.1, 0.15) is 36.0 Å². The van der Waals surface area contributed by atoms with Gasteiger partial charge in [-0.1, -0.05) is 24.3 Å². The highest BCUT2D eigenvalue weighted by Gasteiger charge is 2.52. The van der Waals surface area contributed by atoms with Gasteiger partial charge in [-0.15, -0.1) is 11.8 Å². The molecule has 2 aliphatic rings. The van der Waals surface area contributed by atoms with E-state index in [-0.39, 0.29) is 22.9 Å². The van der Waals surface area contributed by atoms with Crippen LogP contribution in [0.4, 0.5) is 8.78 Å². The summed E-state index contributed by atoms with van der Waals surface area (Å²) < 4.78 is 29.5. The van der Waals surface area contributed by atoms with Crippen molar-refractivity contribution in [3.63, 3.8) is 0 Å². The van der Waals surface area contributed by atoms with Gasteiger partial charge in [0.1, 0.15) is 5.75 Å². The summed E-state index contributed by atoms with van der Waals surface area (Å²) in [5, 5.41) is 22.7. The molecule has 2 aromatic rings. The Morgan fingerprint density at radius 1 is 1.30 bits per heavy atom. The van der Waals surface area contributed by atoms with Gasteiger partial charge in [0.2, 0.25) is 5.91 Å². The van der Waals surface area contributed by atoms with E-state index >= 15 is 0 Å². The molecule has 0 radical (unpaired) electrons. The van der Waals surface area contributed by atoms with E-state index in [0.29, 0.717) is 17.5 Å². The van der Waals surface area contributed by atoms with Crippen molar-refractivity contribution in [1.29, 1.82) is 10.7 Å². The molecule has 4 rings (SSSR count). The van der Waals surface area contributed by atoms with Crippen molar-refractivity contribution < 1.29 is 18.3 Å². The summed E-state index contributed by atoms with van der Waals surface area (Å²) in [6, 6.07) is 15.6. The van der Waals surface area contributed by atoms with Gasteiger partial charge in [0.25, 0.3) is 0 Å². The third-order valence-electron chi connectivity index (χ3n) is 6.15. The van der Waals surface area contributed by atoms with Crippen LogP contribution in [-0.2, 0) is 4.79 Å². The fourth-order valence-electron chi connectivity index (χ4n) is 4.36. The molecule has 3 atom stereocenters. The van der Waals surface area contributed by atoms with Crippen molar-refractivity contribution in [2.75, 3.05) is 7.05 Å². The summed E-state index contributed by atoms with van der Waals surface area (Å²) in [7, 11) is 1.54. The maximum Gasteiger partial charge on any atom is 0.387 e. The lowest BCUT2D eigenvalue weighted by Crippen LogP contribution is -2.67. The highest BCUT2D eigenvalue weighted by Crippen LogP contribution is 2.48. The molecule has 2 aliphatic heterocycles. The predicted molar refractivity (Wildman–Crippen MR) is 123 cm³/mol. The van der Waals surface area contributed by atoms with Crippen LogP contribution in [0.3, 0.4) is 0 Å². The minimum absolute atomic E-state index is 0.0110. The van der Waals surface area contributed by atoms with Crippen LogP contribution < -0.4 is 10.1 Å². The molecule has 1 saturated heterocycles. The van der Waals surface area contributed by atoms with E-state index in [4.69, 9.17) is 5.41 Å². The molecule has 2 aromatic carbocycles. The summed E-state index contributed by atoms with van der Waals surface area (Å²) in [4.78, 5) is 14.6. The number of carbonyl (C=O) groups is 1. The maximum atomic E-state index is 13.3. The van der Waals surface area contributed by atoms with Crippen molar-refractivity contribution in [3.05, 3.63) is 70.6 Å². The average molecular weight is 469 g/mol. The molecule has 170 valence electrons. The number of carbonyl (C=O) groups excluding carboxylic acids is 1. The molecule has 0 bridgehead atoms. The molecule has 6 nitrogen and oxygen atoms in total. The number of allylic oxidation sites excluding steroid dienone is 1. The van der Waals surface area contributed by atoms with Crippen LogP contribution in [0.25, 0.3) is 5.57 Å². The van der Waals surface area contributed by atoms with Gasteiger partial charge < -0.3 is 10.1 Å². The van der Waals surface area contributed by atoms with Crippen LogP contribution in [-0.4, -0.2) is 41.2 Å². The van der Waals surface area contributed by atoms with Gasteiger partial charge in [0, 0.05) is 12.3 Å². The number of halogens is 2. The normalized spacial score (nSPS) is 25.0. The topological polar surface area (TPSA) is 89.2 Å². The number of nitriles is 1. The number of ether oxygens (including phenoxy) is 1. The zero-order chi connectivity index (χ0) is 23.8. The number of hydrogen-bond donors (Lipinski definition) is 2. The lowest BCUT2D eigenvalue weighted by atomic mass is 9.74. The zero-order valence-corrected chi connectivity index (χ0v) is 18.8. The largest absolute Gasteiger partial charge is 0.435 e. The number of alkyl halides is 2. The van der Waals surface area contributed by atoms with Crippen LogP contribution in [0.2, 0.25) is 0 Å². The van der Waals surface area contributed by atoms with Crippen LogP contribution >= 0.6 is 11.8 Å². The molecule has 1 fully saturated rings. The van der Waals surface area contributed by atoms with Crippen molar-refractivity contribution >= 4 is 29.2 Å². The lowest BCUT2D eigenvalue weighted by Gasteiger charge is -2.48. The van der Waals surface area contributed by atoms with E-state index in [1.54, 1.807) is 30.0 Å². The fraction of sp³-hybridized carbons (Fsp3) is 0.292. The number of thioether (sulfide) groups is 1. The molecular weight excluding hydrogens is 446 g/mol. The minimum Gasteiger partial charge on any atom is -0.435 e. The predicted octanol–water partition coefficient (Wildman–Crippen LogP) is 4.54. The maximum absolute atomic E-state index is 13.3. The molecule has 2 heterocycles. The van der Waals surface area contributed by atoms with Gasteiger partial charge in [-0.2, -0.15) is 14.0 Å². The van der Waals surface area contributed by atoms with E-state index in [0.717, 1.165) is 11.1 Å². The van der Waals surface area contributed by atoms with E-state index in [9.17, 15) is 18.8 Å². The second-order valence-corrected chi connectivity index (χ2v) is 9.28. The van der Waals surface area contributed by atoms with Gasteiger partial charge >= 0.3 is 6.61 Å². The monoisotopic (exact) mass is 468 g/mol. The van der Waals surface area contributed by atoms with E-state index in [1.807, 2.05) is 30.5 Å². The Bertz CT molecular complexity index is 1160. The Morgan fingerprint density at radius 3 is 2.70 bits per heavy atom. The molecule has 1 unspecified atom stereocenters. The average Bonchev–Trinajstić information content (AvgIpc) is 3.30. The molecule has 0 aliphatic carbocycles. The summed E-state index contributed by atoms with van der Waals surface area (Å²) in [5.74, 6) is -0.863. The Morgan fingerprint density at radius 2 is 2.03 bits per heavy atom. The molecule has 0 saturated carbocycles. The number of benzene rings is 2. The number of rotatable bonds is 5. The third kappa shape index (κ3) is 4.31. The number of guanidine groups is 1. The highest BCUT2D eigenvalue weighted by molar-refractivity contribution is 8.03. The first-order chi connectivity index (χ1) is 15.7. The number of nitrogens with one attached hydrogen (secondary N) is 2. The number of amides is 1. The molecule has 2 N–H and O–H groups in total.